The number of hydrogen-bond acceptors (Lipinski definition) is 14. The number of carbonyl (C=O) groups is 9. The van der Waals surface area contributed by atoms with Gasteiger partial charge < -0.3 is 55.1 Å². The third-order valence-corrected chi connectivity index (χ3v) is 11.0. The van der Waals surface area contributed by atoms with Crippen molar-refractivity contribution >= 4 is 53.4 Å². The van der Waals surface area contributed by atoms with Gasteiger partial charge in [-0.25, -0.2) is 0 Å². The smallest absolute Gasteiger partial charge is 0.305 e. The Kier molecular flexibility index (Phi) is 46.7. The maximum Gasteiger partial charge on any atom is 0.305 e. The molecule has 0 aliphatic carbocycles. The molecular formula is C56H93N5O14. The quantitative estimate of drug-likeness (QED) is 0.0301. The van der Waals surface area contributed by atoms with Crippen molar-refractivity contribution in [3.05, 3.63) is 71.8 Å². The molecule has 3 unspecified atom stereocenters. The molecule has 2 aromatic rings. The van der Waals surface area contributed by atoms with Gasteiger partial charge in [0.05, 0.1) is 45.1 Å². The summed E-state index contributed by atoms with van der Waals surface area (Å²) in [5, 5.41) is 13.9. The standard InChI is InChI=1S/C52H77N5O14.4CH4/c1-67-34-36-69-31-14-28-53-47(61)26-23-45(59)43(38-40-16-6-3-7-17-40)56-50(64)25-22-42(55-49(63)20-10-5-13-33-71-51(65)21-11-12-30-58)52(66)57-44(39-41-18-8-4-9-19-41)46(60)24-27-48(62)54-29-15-32-70-37-35-68-2;;;;/h3-4,6-9,16-19,30,42-44H,5,10-15,20-29,31-39H2,1-2H3,(H,53,61)(H,54,62)(H,55,63)(H,56,64)(H,57,66);4*1H4. The summed E-state index contributed by atoms with van der Waals surface area (Å²) < 4.78 is 25.9. The zero-order valence-electron chi connectivity index (χ0n) is 41.7. The Bertz CT molecular complexity index is 1870. The molecule has 0 bridgehead atoms. The minimum atomic E-state index is -1.28. The van der Waals surface area contributed by atoms with Crippen LogP contribution in [0.15, 0.2) is 60.7 Å². The third-order valence-electron chi connectivity index (χ3n) is 11.0. The monoisotopic (exact) mass is 1060 g/mol. The van der Waals surface area contributed by atoms with Crippen LogP contribution in [0.25, 0.3) is 0 Å². The van der Waals surface area contributed by atoms with Gasteiger partial charge in [-0.15, -0.1) is 0 Å². The lowest BCUT2D eigenvalue weighted by Crippen LogP contribution is -2.52. The van der Waals surface area contributed by atoms with Gasteiger partial charge in [0.2, 0.25) is 29.5 Å². The fraction of sp³-hybridized carbons (Fsp3) is 0.625. The number of esters is 1. The number of unbranched alkanes of at least 4 members (excludes halogenated alkanes) is 3. The number of amides is 5. The van der Waals surface area contributed by atoms with Gasteiger partial charge in [-0.2, -0.15) is 0 Å². The fourth-order valence-corrected chi connectivity index (χ4v) is 6.98. The van der Waals surface area contributed by atoms with Crippen molar-refractivity contribution in [2.24, 2.45) is 0 Å². The number of Topliss-reactive ketones (excluding diaryl/α,β-unsaturated/α-hetero) is 2. The number of methoxy groups -OCH3 is 2. The summed E-state index contributed by atoms with van der Waals surface area (Å²) in [5.41, 5.74) is 1.52. The van der Waals surface area contributed by atoms with Crippen molar-refractivity contribution in [3.63, 3.8) is 0 Å². The largest absolute Gasteiger partial charge is 0.466 e. The molecule has 426 valence electrons. The zero-order valence-corrected chi connectivity index (χ0v) is 41.7. The fourth-order valence-electron chi connectivity index (χ4n) is 6.98. The summed E-state index contributed by atoms with van der Waals surface area (Å²) >= 11 is 0. The minimum absolute atomic E-state index is 0. The molecule has 2 rings (SSSR count). The first-order chi connectivity index (χ1) is 34.4. The molecule has 5 amide bonds. The number of nitrogens with one attached hydrogen (secondary N) is 5. The van der Waals surface area contributed by atoms with Gasteiger partial charge in [-0.05, 0) is 68.9 Å². The highest BCUT2D eigenvalue weighted by molar-refractivity contribution is 5.95. The van der Waals surface area contributed by atoms with E-state index in [1.165, 1.54) is 0 Å². The van der Waals surface area contributed by atoms with E-state index >= 15 is 0 Å². The minimum Gasteiger partial charge on any atom is -0.466 e. The second-order valence-corrected chi connectivity index (χ2v) is 16.9. The van der Waals surface area contributed by atoms with Crippen LogP contribution in [0.1, 0.15) is 137 Å². The van der Waals surface area contributed by atoms with Gasteiger partial charge in [0, 0.05) is 91.9 Å². The lowest BCUT2D eigenvalue weighted by Gasteiger charge is -2.24. The van der Waals surface area contributed by atoms with Crippen molar-refractivity contribution < 1.29 is 66.8 Å². The van der Waals surface area contributed by atoms with E-state index in [0.29, 0.717) is 91.3 Å². The number of ether oxygens (including phenoxy) is 5. The molecule has 19 heteroatoms. The summed E-state index contributed by atoms with van der Waals surface area (Å²) in [6, 6.07) is 14.7. The number of rotatable bonds is 43. The average Bonchev–Trinajstić information content (AvgIpc) is 3.36. The molecule has 3 atom stereocenters. The Labute approximate surface area is 447 Å². The van der Waals surface area contributed by atoms with E-state index in [2.05, 4.69) is 26.6 Å². The Morgan fingerprint density at radius 3 is 1.44 bits per heavy atom. The zero-order chi connectivity index (χ0) is 51.7. The van der Waals surface area contributed by atoms with Crippen molar-refractivity contribution in [2.75, 3.05) is 73.6 Å². The highest BCUT2D eigenvalue weighted by Gasteiger charge is 2.29. The first-order valence-corrected chi connectivity index (χ1v) is 24.7. The second-order valence-electron chi connectivity index (χ2n) is 16.9. The van der Waals surface area contributed by atoms with Crippen LogP contribution in [0, 0.1) is 0 Å². The second kappa shape index (κ2) is 47.8. The van der Waals surface area contributed by atoms with Crippen molar-refractivity contribution in [2.45, 2.75) is 157 Å². The summed E-state index contributed by atoms with van der Waals surface area (Å²) in [6.07, 6.45) is 3.35. The molecule has 75 heavy (non-hydrogen) atoms. The molecule has 5 N–H and O–H groups in total. The van der Waals surface area contributed by atoms with E-state index in [0.717, 1.165) is 17.4 Å². The lowest BCUT2D eigenvalue weighted by molar-refractivity contribution is -0.144. The van der Waals surface area contributed by atoms with Crippen LogP contribution in [0.3, 0.4) is 0 Å². The summed E-state index contributed by atoms with van der Waals surface area (Å²) in [6.45, 7) is 3.53. The predicted molar refractivity (Wildman–Crippen MR) is 291 cm³/mol. The van der Waals surface area contributed by atoms with Crippen LogP contribution < -0.4 is 26.6 Å². The van der Waals surface area contributed by atoms with Gasteiger partial charge >= 0.3 is 5.97 Å². The number of carbonyl (C=O) groups excluding carboxylic acids is 9. The molecular weight excluding hydrogens is 967 g/mol. The van der Waals surface area contributed by atoms with Gasteiger partial charge in [-0.1, -0.05) is 90.4 Å². The summed E-state index contributed by atoms with van der Waals surface area (Å²) in [7, 11) is 3.15. The van der Waals surface area contributed by atoms with Crippen LogP contribution in [-0.2, 0) is 79.7 Å². The topological polar surface area (TPSA) is 260 Å². The van der Waals surface area contributed by atoms with E-state index in [1.807, 2.05) is 24.3 Å². The molecule has 2 aromatic carbocycles. The first-order valence-electron chi connectivity index (χ1n) is 24.7. The van der Waals surface area contributed by atoms with Crippen molar-refractivity contribution in [3.8, 4) is 0 Å². The van der Waals surface area contributed by atoms with E-state index in [-0.39, 0.29) is 125 Å². The molecule has 0 saturated heterocycles. The summed E-state index contributed by atoms with van der Waals surface area (Å²) in [5.74, 6) is -3.62. The van der Waals surface area contributed by atoms with Gasteiger partial charge in [-0.3, -0.25) is 38.4 Å². The Balaban J connectivity index is -0.0000130. The van der Waals surface area contributed by atoms with Crippen LogP contribution in [0.5, 0.6) is 0 Å². The van der Waals surface area contributed by atoms with Gasteiger partial charge in [0.25, 0.3) is 0 Å². The SMILES string of the molecule is C.C.C.C.COCCOCCCNC(=O)CCC(=O)C(Cc1ccccc1)NC(=O)CCC(NC(=O)CCCCCOC(=O)CCCC=O)C(=O)NC(Cc1ccccc1)C(=O)CCC(=O)NCCCOCCOC. The Morgan fingerprint density at radius 2 is 0.947 bits per heavy atom. The van der Waals surface area contributed by atoms with E-state index in [4.69, 9.17) is 23.7 Å². The van der Waals surface area contributed by atoms with Crippen LogP contribution >= 0.6 is 0 Å². The molecule has 0 heterocycles. The van der Waals surface area contributed by atoms with Crippen molar-refractivity contribution in [1.29, 1.82) is 0 Å². The van der Waals surface area contributed by atoms with E-state index in [9.17, 15) is 43.2 Å². The molecule has 0 radical (unpaired) electrons. The number of benzene rings is 2. The third kappa shape index (κ3) is 37.5. The van der Waals surface area contributed by atoms with Gasteiger partial charge in [0.15, 0.2) is 11.6 Å². The molecule has 0 aromatic heterocycles. The molecule has 0 saturated carbocycles. The summed E-state index contributed by atoms with van der Waals surface area (Å²) in [4.78, 5) is 116. The Morgan fingerprint density at radius 1 is 0.467 bits per heavy atom. The highest BCUT2D eigenvalue weighted by atomic mass is 16.5. The first kappa shape index (κ1) is 73.4. The number of ketones is 2. The van der Waals surface area contributed by atoms with E-state index in [1.54, 1.807) is 50.6 Å². The maximum absolute atomic E-state index is 14.2. The molecule has 0 aliphatic heterocycles. The predicted octanol–water partition coefficient (Wildman–Crippen LogP) is 5.76. The van der Waals surface area contributed by atoms with Crippen LogP contribution in [0.4, 0.5) is 0 Å². The maximum atomic E-state index is 14.2. The number of aldehydes is 1. The van der Waals surface area contributed by atoms with E-state index < -0.39 is 47.6 Å². The number of hydrogen-bond donors (Lipinski definition) is 5. The highest BCUT2D eigenvalue weighted by Crippen LogP contribution is 2.12. The average molecular weight is 1060 g/mol. The Hall–Kier alpha value is -5.89. The van der Waals surface area contributed by atoms with Crippen molar-refractivity contribution in [1.82, 2.24) is 26.6 Å². The normalized spacial score (nSPS) is 11.5. The molecule has 0 fully saturated rings. The van der Waals surface area contributed by atoms with Gasteiger partial charge in [0.1, 0.15) is 12.3 Å². The van der Waals surface area contributed by atoms with Crippen LogP contribution in [-0.4, -0.2) is 145 Å². The molecule has 0 aliphatic rings. The lowest BCUT2D eigenvalue weighted by atomic mass is 9.98. The van der Waals surface area contributed by atoms with Crippen LogP contribution in [0.2, 0.25) is 0 Å². The molecule has 0 spiro atoms. The molecule has 19 nitrogen and oxygen atoms in total.